The molecule has 0 saturated heterocycles. The fraction of sp³-hybridized carbons (Fsp3) is 0.227. The van der Waals surface area contributed by atoms with Gasteiger partial charge in [-0.25, -0.2) is 14.3 Å². The van der Waals surface area contributed by atoms with Gasteiger partial charge in [0.25, 0.3) is 5.56 Å². The highest BCUT2D eigenvalue weighted by Crippen LogP contribution is 2.18. The lowest BCUT2D eigenvalue weighted by molar-refractivity contribution is 0.184. The van der Waals surface area contributed by atoms with Crippen molar-refractivity contribution >= 4 is 22.8 Å². The van der Waals surface area contributed by atoms with Crippen molar-refractivity contribution in [1.82, 2.24) is 18.7 Å². The summed E-state index contributed by atoms with van der Waals surface area (Å²) in [4.78, 5) is 30.9. The van der Waals surface area contributed by atoms with E-state index in [1.54, 1.807) is 42.3 Å². The SMILES string of the molecule is COCCn1c(=O)c2c(ncn2Cc2ccc(OC)cc2)n(-c2cccc(Cl)c2)c1=O. The van der Waals surface area contributed by atoms with Gasteiger partial charge in [0.15, 0.2) is 11.2 Å². The summed E-state index contributed by atoms with van der Waals surface area (Å²) in [6, 6.07) is 14.4. The van der Waals surface area contributed by atoms with Crippen LogP contribution in [0.2, 0.25) is 5.02 Å². The monoisotopic (exact) mass is 440 g/mol. The Bertz CT molecular complexity index is 1340. The summed E-state index contributed by atoms with van der Waals surface area (Å²) in [5.74, 6) is 0.746. The third-order valence-corrected chi connectivity index (χ3v) is 5.23. The maximum Gasteiger partial charge on any atom is 0.337 e. The van der Waals surface area contributed by atoms with Gasteiger partial charge in [0.1, 0.15) is 5.75 Å². The summed E-state index contributed by atoms with van der Waals surface area (Å²) in [6.07, 6.45) is 1.57. The molecule has 2 heterocycles. The molecule has 0 fully saturated rings. The van der Waals surface area contributed by atoms with Crippen LogP contribution >= 0.6 is 11.6 Å². The van der Waals surface area contributed by atoms with Gasteiger partial charge in [-0.15, -0.1) is 0 Å². The average Bonchev–Trinajstić information content (AvgIpc) is 3.17. The molecule has 0 saturated carbocycles. The van der Waals surface area contributed by atoms with E-state index in [1.165, 1.54) is 16.2 Å². The Hall–Kier alpha value is -3.36. The van der Waals surface area contributed by atoms with Crippen LogP contribution in [0.25, 0.3) is 16.9 Å². The van der Waals surface area contributed by atoms with E-state index < -0.39 is 11.2 Å². The van der Waals surface area contributed by atoms with Gasteiger partial charge >= 0.3 is 5.69 Å². The number of rotatable bonds is 7. The van der Waals surface area contributed by atoms with Crippen LogP contribution in [0, 0.1) is 0 Å². The summed E-state index contributed by atoms with van der Waals surface area (Å²) in [5, 5.41) is 0.477. The standard InChI is InChI=1S/C22H21ClN4O4/c1-30-11-10-26-21(28)19-20(27(22(26)29)17-5-3-4-16(23)12-17)24-14-25(19)13-15-6-8-18(31-2)9-7-15/h3-9,12,14H,10-11,13H2,1-2H3. The van der Waals surface area contributed by atoms with E-state index >= 15 is 0 Å². The van der Waals surface area contributed by atoms with Crippen LogP contribution in [-0.2, 0) is 17.8 Å². The summed E-state index contributed by atoms with van der Waals surface area (Å²) in [7, 11) is 3.13. The van der Waals surface area contributed by atoms with Crippen molar-refractivity contribution in [3.8, 4) is 11.4 Å². The van der Waals surface area contributed by atoms with Gasteiger partial charge in [0.05, 0.1) is 32.3 Å². The normalized spacial score (nSPS) is 11.2. The second-order valence-corrected chi connectivity index (χ2v) is 7.38. The van der Waals surface area contributed by atoms with Gasteiger partial charge in [0.2, 0.25) is 0 Å². The zero-order valence-corrected chi connectivity index (χ0v) is 17.9. The van der Waals surface area contributed by atoms with Crippen molar-refractivity contribution < 1.29 is 9.47 Å². The Kier molecular flexibility index (Phi) is 5.92. The molecule has 0 N–H and O–H groups in total. The van der Waals surface area contributed by atoms with Crippen molar-refractivity contribution in [2.75, 3.05) is 20.8 Å². The van der Waals surface area contributed by atoms with Crippen molar-refractivity contribution in [3.63, 3.8) is 0 Å². The molecule has 0 aliphatic carbocycles. The van der Waals surface area contributed by atoms with Crippen molar-refractivity contribution in [1.29, 1.82) is 0 Å². The van der Waals surface area contributed by atoms with Gasteiger partial charge in [-0.2, -0.15) is 0 Å². The molecular weight excluding hydrogens is 420 g/mol. The highest BCUT2D eigenvalue weighted by atomic mass is 35.5. The minimum absolute atomic E-state index is 0.123. The predicted octanol–water partition coefficient (Wildman–Crippen LogP) is 2.71. The lowest BCUT2D eigenvalue weighted by Gasteiger charge is -2.13. The van der Waals surface area contributed by atoms with Crippen LogP contribution in [0.5, 0.6) is 5.75 Å². The molecular formula is C22H21ClN4O4. The largest absolute Gasteiger partial charge is 0.497 e. The summed E-state index contributed by atoms with van der Waals surface area (Å²) in [6.45, 7) is 0.759. The number of nitrogens with zero attached hydrogens (tertiary/aromatic N) is 4. The Morgan fingerprint density at radius 3 is 2.52 bits per heavy atom. The van der Waals surface area contributed by atoms with Crippen LogP contribution < -0.4 is 16.0 Å². The molecule has 0 aliphatic heterocycles. The smallest absolute Gasteiger partial charge is 0.337 e. The van der Waals surface area contributed by atoms with Gasteiger partial charge in [-0.3, -0.25) is 9.36 Å². The van der Waals surface area contributed by atoms with Crippen LogP contribution in [0.3, 0.4) is 0 Å². The van der Waals surface area contributed by atoms with E-state index in [-0.39, 0.29) is 18.8 Å². The first-order chi connectivity index (χ1) is 15.0. The Balaban J connectivity index is 1.93. The maximum atomic E-state index is 13.3. The number of fused-ring (bicyclic) bond motifs is 1. The second kappa shape index (κ2) is 8.79. The summed E-state index contributed by atoms with van der Waals surface area (Å²) in [5.41, 5.74) is 1.19. The van der Waals surface area contributed by atoms with Crippen LogP contribution in [0.1, 0.15) is 5.56 Å². The van der Waals surface area contributed by atoms with E-state index in [2.05, 4.69) is 4.98 Å². The molecule has 0 aliphatic rings. The minimum atomic E-state index is -0.494. The van der Waals surface area contributed by atoms with Gasteiger partial charge < -0.3 is 14.0 Å². The number of imidazole rings is 1. The fourth-order valence-electron chi connectivity index (χ4n) is 3.46. The molecule has 2 aromatic carbocycles. The first kappa shape index (κ1) is 20.9. The molecule has 0 spiro atoms. The zero-order valence-electron chi connectivity index (χ0n) is 17.1. The number of aromatic nitrogens is 4. The third-order valence-electron chi connectivity index (χ3n) is 5.00. The Morgan fingerprint density at radius 1 is 1.06 bits per heavy atom. The van der Waals surface area contributed by atoms with Crippen LogP contribution in [0.15, 0.2) is 64.4 Å². The highest BCUT2D eigenvalue weighted by molar-refractivity contribution is 6.30. The number of hydrogen-bond acceptors (Lipinski definition) is 5. The average molecular weight is 441 g/mol. The number of benzene rings is 2. The molecule has 0 atom stereocenters. The van der Waals surface area contributed by atoms with E-state index in [4.69, 9.17) is 21.1 Å². The van der Waals surface area contributed by atoms with Crippen molar-refractivity contribution in [2.45, 2.75) is 13.1 Å². The highest BCUT2D eigenvalue weighted by Gasteiger charge is 2.19. The summed E-state index contributed by atoms with van der Waals surface area (Å²) < 4.78 is 14.6. The second-order valence-electron chi connectivity index (χ2n) is 6.94. The number of methoxy groups -OCH3 is 2. The predicted molar refractivity (Wildman–Crippen MR) is 119 cm³/mol. The van der Waals surface area contributed by atoms with E-state index in [9.17, 15) is 9.59 Å². The zero-order chi connectivity index (χ0) is 22.0. The molecule has 4 rings (SSSR count). The maximum absolute atomic E-state index is 13.3. The van der Waals surface area contributed by atoms with E-state index in [0.29, 0.717) is 22.8 Å². The molecule has 0 unspecified atom stereocenters. The number of halogens is 1. The molecule has 8 nitrogen and oxygen atoms in total. The molecule has 2 aromatic heterocycles. The van der Waals surface area contributed by atoms with E-state index in [1.807, 2.05) is 24.3 Å². The van der Waals surface area contributed by atoms with Crippen molar-refractivity contribution in [2.24, 2.45) is 0 Å². The minimum Gasteiger partial charge on any atom is -0.497 e. The van der Waals surface area contributed by atoms with E-state index in [0.717, 1.165) is 11.3 Å². The molecule has 9 heteroatoms. The molecule has 0 radical (unpaired) electrons. The van der Waals surface area contributed by atoms with Gasteiger partial charge in [-0.1, -0.05) is 29.8 Å². The topological polar surface area (TPSA) is 80.3 Å². The van der Waals surface area contributed by atoms with Crippen LogP contribution in [-0.4, -0.2) is 39.5 Å². The number of hydrogen-bond donors (Lipinski definition) is 0. The first-order valence-corrected chi connectivity index (χ1v) is 9.99. The van der Waals surface area contributed by atoms with Gasteiger partial charge in [0, 0.05) is 18.7 Å². The Morgan fingerprint density at radius 2 is 1.84 bits per heavy atom. The molecule has 160 valence electrons. The van der Waals surface area contributed by atoms with Crippen molar-refractivity contribution in [3.05, 3.63) is 86.3 Å². The lowest BCUT2D eigenvalue weighted by atomic mass is 10.2. The molecule has 4 aromatic rings. The first-order valence-electron chi connectivity index (χ1n) is 9.62. The number of ether oxygens (including phenoxy) is 2. The quantitative estimate of drug-likeness (QED) is 0.441. The molecule has 0 amide bonds. The summed E-state index contributed by atoms with van der Waals surface area (Å²) >= 11 is 6.15. The van der Waals surface area contributed by atoms with Gasteiger partial charge in [-0.05, 0) is 35.9 Å². The lowest BCUT2D eigenvalue weighted by Crippen LogP contribution is -2.41. The Labute approximate surface area is 182 Å². The fourth-order valence-corrected chi connectivity index (χ4v) is 3.64. The molecule has 31 heavy (non-hydrogen) atoms. The molecule has 0 bridgehead atoms. The van der Waals surface area contributed by atoms with Crippen LogP contribution in [0.4, 0.5) is 0 Å². The third kappa shape index (κ3) is 3.99.